The largest absolute Gasteiger partial charge is 0.486 e. The molecule has 1 aliphatic rings. The number of fused-ring (bicyclic) bond motifs is 1. The van der Waals surface area contributed by atoms with Crippen LogP contribution in [0.1, 0.15) is 17.3 Å². The Kier molecular flexibility index (Phi) is 4.25. The van der Waals surface area contributed by atoms with Crippen molar-refractivity contribution in [1.29, 1.82) is 0 Å². The molecule has 0 saturated carbocycles. The summed E-state index contributed by atoms with van der Waals surface area (Å²) in [6.07, 6.45) is -0.532. The molecule has 6 nitrogen and oxygen atoms in total. The van der Waals surface area contributed by atoms with Gasteiger partial charge >= 0.3 is 11.9 Å². The highest BCUT2D eigenvalue weighted by molar-refractivity contribution is 6.44. The molecule has 0 amide bonds. The topological polar surface area (TPSA) is 82.1 Å². The molecule has 2 rings (SSSR count). The second-order valence-corrected chi connectivity index (χ2v) is 4.79. The van der Waals surface area contributed by atoms with Crippen molar-refractivity contribution in [3.63, 3.8) is 0 Å². The monoisotopic (exact) mass is 320 g/mol. The zero-order valence-corrected chi connectivity index (χ0v) is 11.8. The van der Waals surface area contributed by atoms with Crippen molar-refractivity contribution in [2.75, 3.05) is 13.2 Å². The quantitative estimate of drug-likeness (QED) is 0.861. The first-order valence-corrected chi connectivity index (χ1v) is 6.34. The van der Waals surface area contributed by atoms with Gasteiger partial charge in [0.15, 0.2) is 17.6 Å². The third kappa shape index (κ3) is 2.91. The van der Waals surface area contributed by atoms with E-state index < -0.39 is 18.0 Å². The number of carboxylic acids is 1. The van der Waals surface area contributed by atoms with Gasteiger partial charge in [-0.05, 0) is 0 Å². The van der Waals surface area contributed by atoms with Crippen molar-refractivity contribution in [2.45, 2.75) is 13.0 Å². The molecule has 0 bridgehead atoms. The summed E-state index contributed by atoms with van der Waals surface area (Å²) in [4.78, 5) is 21.7. The lowest BCUT2D eigenvalue weighted by atomic mass is 10.2. The van der Waals surface area contributed by atoms with E-state index in [2.05, 4.69) is 0 Å². The number of carboxylic acid groups (broad SMARTS) is 1. The fraction of sp³-hybridized carbons (Fsp3) is 0.333. The Labute approximate surface area is 124 Å². The molecule has 8 heteroatoms. The normalized spacial score (nSPS) is 16.6. The van der Waals surface area contributed by atoms with Crippen molar-refractivity contribution < 1.29 is 28.9 Å². The van der Waals surface area contributed by atoms with E-state index in [1.807, 2.05) is 0 Å². The molecule has 1 atom stereocenters. The predicted molar refractivity (Wildman–Crippen MR) is 70.0 cm³/mol. The Balaban J connectivity index is 2.26. The first-order chi connectivity index (χ1) is 9.40. The lowest BCUT2D eigenvalue weighted by Crippen LogP contribution is -2.34. The Morgan fingerprint density at radius 3 is 2.75 bits per heavy atom. The molecule has 1 aromatic carbocycles. The summed E-state index contributed by atoms with van der Waals surface area (Å²) in [7, 11) is 0. The lowest BCUT2D eigenvalue weighted by molar-refractivity contribution is -0.144. The highest BCUT2D eigenvalue weighted by atomic mass is 35.5. The summed E-state index contributed by atoms with van der Waals surface area (Å²) < 4.78 is 15.7. The van der Waals surface area contributed by atoms with E-state index in [9.17, 15) is 9.59 Å². The van der Waals surface area contributed by atoms with Gasteiger partial charge in [0.1, 0.15) is 18.2 Å². The second-order valence-electron chi connectivity index (χ2n) is 4.04. The van der Waals surface area contributed by atoms with Crippen molar-refractivity contribution in [2.24, 2.45) is 0 Å². The van der Waals surface area contributed by atoms with Crippen LogP contribution in [0.5, 0.6) is 11.5 Å². The minimum atomic E-state index is -1.22. The average molecular weight is 321 g/mol. The molecule has 0 spiro atoms. The molecular weight excluding hydrogens is 311 g/mol. The van der Waals surface area contributed by atoms with Gasteiger partial charge < -0.3 is 19.3 Å². The molecule has 0 aromatic heterocycles. The zero-order valence-electron chi connectivity index (χ0n) is 10.3. The standard InChI is InChI=1S/C12H10Cl2O6/c1-5(15)18-3-6-4-19-8-2-7(12(16)17)9(13)10(14)11(8)20-6/h2,6H,3-4H2,1H3,(H,16,17). The maximum absolute atomic E-state index is 11.0. The Morgan fingerprint density at radius 1 is 1.45 bits per heavy atom. The fourth-order valence-electron chi connectivity index (χ4n) is 1.63. The molecule has 0 radical (unpaired) electrons. The van der Waals surface area contributed by atoms with Crippen molar-refractivity contribution in [1.82, 2.24) is 0 Å². The maximum Gasteiger partial charge on any atom is 0.337 e. The summed E-state index contributed by atoms with van der Waals surface area (Å²) in [5.41, 5.74) is -0.169. The van der Waals surface area contributed by atoms with Crippen molar-refractivity contribution in [3.8, 4) is 11.5 Å². The van der Waals surface area contributed by atoms with Gasteiger partial charge in [0, 0.05) is 13.0 Å². The molecule has 0 fully saturated rings. The highest BCUT2D eigenvalue weighted by Gasteiger charge is 2.28. The Bertz CT molecular complexity index is 572. The van der Waals surface area contributed by atoms with E-state index in [1.54, 1.807) is 0 Å². The molecule has 0 aliphatic carbocycles. The average Bonchev–Trinajstić information content (AvgIpc) is 2.40. The van der Waals surface area contributed by atoms with E-state index in [4.69, 9.17) is 42.5 Å². The summed E-state index contributed by atoms with van der Waals surface area (Å²) in [5.74, 6) is -1.32. The number of carbonyl (C=O) groups is 2. The second kappa shape index (κ2) is 5.76. The van der Waals surface area contributed by atoms with Crippen LogP contribution in [0.15, 0.2) is 6.07 Å². The van der Waals surface area contributed by atoms with E-state index in [-0.39, 0.29) is 40.3 Å². The van der Waals surface area contributed by atoms with E-state index in [0.29, 0.717) is 0 Å². The third-order valence-corrected chi connectivity index (χ3v) is 3.39. The zero-order chi connectivity index (χ0) is 14.9. The van der Waals surface area contributed by atoms with Gasteiger partial charge in [-0.15, -0.1) is 0 Å². The maximum atomic E-state index is 11.0. The molecule has 1 unspecified atom stereocenters. The van der Waals surface area contributed by atoms with Crippen molar-refractivity contribution >= 4 is 35.1 Å². The van der Waals surface area contributed by atoms with Crippen LogP contribution in [0.2, 0.25) is 10.0 Å². The molecule has 1 aliphatic heterocycles. The first-order valence-electron chi connectivity index (χ1n) is 5.58. The SMILES string of the molecule is CC(=O)OCC1COc2cc(C(=O)O)c(Cl)c(Cl)c2O1. The number of hydrogen-bond donors (Lipinski definition) is 1. The van der Waals surface area contributed by atoms with Crippen LogP contribution in [0.25, 0.3) is 0 Å². The summed E-state index contributed by atoms with van der Waals surface area (Å²) in [6.45, 7) is 1.39. The van der Waals surface area contributed by atoms with Gasteiger partial charge in [-0.25, -0.2) is 4.79 Å². The molecule has 108 valence electrons. The minimum absolute atomic E-state index is 0.00338. The van der Waals surface area contributed by atoms with Gasteiger partial charge in [0.2, 0.25) is 0 Å². The molecule has 1 aromatic rings. The molecule has 0 saturated heterocycles. The third-order valence-electron chi connectivity index (χ3n) is 2.54. The van der Waals surface area contributed by atoms with Gasteiger partial charge in [-0.2, -0.15) is 0 Å². The first kappa shape index (κ1) is 14.7. The molecular formula is C12H10Cl2O6. The van der Waals surface area contributed by atoms with Crippen LogP contribution in [-0.2, 0) is 9.53 Å². The lowest BCUT2D eigenvalue weighted by Gasteiger charge is -2.27. The highest BCUT2D eigenvalue weighted by Crippen LogP contribution is 2.44. The number of esters is 1. The number of ether oxygens (including phenoxy) is 3. The Morgan fingerprint density at radius 2 is 2.15 bits per heavy atom. The van der Waals surface area contributed by atoms with E-state index in [1.165, 1.54) is 13.0 Å². The van der Waals surface area contributed by atoms with E-state index >= 15 is 0 Å². The summed E-state index contributed by atoms with van der Waals surface area (Å²) in [6, 6.07) is 1.24. The van der Waals surface area contributed by atoms with Crippen molar-refractivity contribution in [3.05, 3.63) is 21.7 Å². The Hall–Kier alpha value is -1.66. The van der Waals surface area contributed by atoms with Crippen LogP contribution in [0, 0.1) is 0 Å². The van der Waals surface area contributed by atoms with Gasteiger partial charge in [-0.1, -0.05) is 23.2 Å². The van der Waals surface area contributed by atoms with Crippen LogP contribution in [0.3, 0.4) is 0 Å². The fourth-order valence-corrected chi connectivity index (χ4v) is 2.10. The number of aromatic carboxylic acids is 1. The number of carbonyl (C=O) groups excluding carboxylic acids is 1. The van der Waals surface area contributed by atoms with Gasteiger partial charge in [0.25, 0.3) is 0 Å². The van der Waals surface area contributed by atoms with E-state index in [0.717, 1.165) is 0 Å². The predicted octanol–water partition coefficient (Wildman–Crippen LogP) is 2.39. The number of rotatable bonds is 3. The van der Waals surface area contributed by atoms with Crippen LogP contribution < -0.4 is 9.47 Å². The van der Waals surface area contributed by atoms with Gasteiger partial charge in [-0.3, -0.25) is 4.79 Å². The minimum Gasteiger partial charge on any atom is -0.486 e. The molecule has 1 N–H and O–H groups in total. The molecule has 20 heavy (non-hydrogen) atoms. The molecule has 1 heterocycles. The van der Waals surface area contributed by atoms with Crippen LogP contribution in [-0.4, -0.2) is 36.4 Å². The number of benzene rings is 1. The van der Waals surface area contributed by atoms with Crippen LogP contribution in [0.4, 0.5) is 0 Å². The van der Waals surface area contributed by atoms with Gasteiger partial charge in [0.05, 0.1) is 10.6 Å². The smallest absolute Gasteiger partial charge is 0.337 e. The number of hydrogen-bond acceptors (Lipinski definition) is 5. The summed E-state index contributed by atoms with van der Waals surface area (Å²) in [5, 5.41) is 8.81. The summed E-state index contributed by atoms with van der Waals surface area (Å²) >= 11 is 11.8. The number of halogens is 2. The van der Waals surface area contributed by atoms with Crippen LogP contribution >= 0.6 is 23.2 Å².